The second-order valence-corrected chi connectivity index (χ2v) is 5.16. The van der Waals surface area contributed by atoms with E-state index in [9.17, 15) is 0 Å². The van der Waals surface area contributed by atoms with Crippen LogP contribution in [0.3, 0.4) is 0 Å². The Balaban J connectivity index is 1.79. The predicted molar refractivity (Wildman–Crippen MR) is 69.0 cm³/mol. The van der Waals surface area contributed by atoms with E-state index in [2.05, 4.69) is 27.5 Å². The Morgan fingerprint density at radius 3 is 3.31 bits per heavy atom. The van der Waals surface area contributed by atoms with Crippen LogP contribution in [0.2, 0.25) is 0 Å². The standard InChI is InChI=1S/C12H21N3S/c1-2-11-8-15(6-3-5-13-11)7-4-12-9-16-10-14-12/h9-11,13H,2-8H2,1H3. The Morgan fingerprint density at radius 1 is 1.62 bits per heavy atom. The Bertz CT molecular complexity index is 286. The van der Waals surface area contributed by atoms with Crippen LogP contribution in [-0.2, 0) is 6.42 Å². The summed E-state index contributed by atoms with van der Waals surface area (Å²) < 4.78 is 0. The van der Waals surface area contributed by atoms with Crippen molar-refractivity contribution in [2.24, 2.45) is 0 Å². The van der Waals surface area contributed by atoms with Crippen LogP contribution in [0.1, 0.15) is 25.5 Å². The highest BCUT2D eigenvalue weighted by molar-refractivity contribution is 7.07. The fourth-order valence-corrected chi connectivity index (χ4v) is 2.78. The van der Waals surface area contributed by atoms with E-state index in [0.29, 0.717) is 6.04 Å². The lowest BCUT2D eigenvalue weighted by Gasteiger charge is -2.23. The molecule has 1 N–H and O–H groups in total. The van der Waals surface area contributed by atoms with E-state index in [1.165, 1.54) is 38.2 Å². The van der Waals surface area contributed by atoms with E-state index in [-0.39, 0.29) is 0 Å². The van der Waals surface area contributed by atoms with Gasteiger partial charge in [-0.25, -0.2) is 4.98 Å². The lowest BCUT2D eigenvalue weighted by atomic mass is 10.2. The summed E-state index contributed by atoms with van der Waals surface area (Å²) in [6, 6.07) is 0.679. The normalized spacial score (nSPS) is 23.2. The zero-order valence-corrected chi connectivity index (χ0v) is 10.8. The van der Waals surface area contributed by atoms with Crippen LogP contribution in [-0.4, -0.2) is 42.1 Å². The molecule has 16 heavy (non-hydrogen) atoms. The quantitative estimate of drug-likeness (QED) is 0.868. The van der Waals surface area contributed by atoms with Gasteiger partial charge in [-0.05, 0) is 25.9 Å². The third-order valence-electron chi connectivity index (χ3n) is 3.22. The van der Waals surface area contributed by atoms with E-state index in [1.807, 2.05) is 5.51 Å². The van der Waals surface area contributed by atoms with Gasteiger partial charge in [0.25, 0.3) is 0 Å². The minimum Gasteiger partial charge on any atom is -0.313 e. The number of nitrogens with one attached hydrogen (secondary N) is 1. The number of rotatable bonds is 4. The van der Waals surface area contributed by atoms with Gasteiger partial charge in [0.1, 0.15) is 0 Å². The van der Waals surface area contributed by atoms with Crippen molar-refractivity contribution in [2.45, 2.75) is 32.2 Å². The third-order valence-corrected chi connectivity index (χ3v) is 3.86. The number of aromatic nitrogens is 1. The summed E-state index contributed by atoms with van der Waals surface area (Å²) in [5.41, 5.74) is 3.17. The molecule has 0 aliphatic carbocycles. The van der Waals surface area contributed by atoms with E-state index >= 15 is 0 Å². The van der Waals surface area contributed by atoms with Crippen molar-refractivity contribution in [1.29, 1.82) is 0 Å². The van der Waals surface area contributed by atoms with Gasteiger partial charge in [0.15, 0.2) is 0 Å². The minimum atomic E-state index is 0.679. The molecule has 0 radical (unpaired) electrons. The van der Waals surface area contributed by atoms with E-state index in [1.54, 1.807) is 11.3 Å². The van der Waals surface area contributed by atoms with Crippen LogP contribution < -0.4 is 5.32 Å². The first-order chi connectivity index (χ1) is 7.88. The maximum atomic E-state index is 4.34. The largest absolute Gasteiger partial charge is 0.313 e. The van der Waals surface area contributed by atoms with E-state index in [4.69, 9.17) is 0 Å². The molecule has 4 heteroatoms. The summed E-state index contributed by atoms with van der Waals surface area (Å²) in [7, 11) is 0. The molecule has 0 spiro atoms. The van der Waals surface area contributed by atoms with Crippen LogP contribution in [0, 0.1) is 0 Å². The third kappa shape index (κ3) is 3.54. The highest BCUT2D eigenvalue weighted by Gasteiger charge is 2.15. The van der Waals surface area contributed by atoms with Crippen LogP contribution in [0.4, 0.5) is 0 Å². The Kier molecular flexibility index (Phi) is 4.75. The molecule has 0 bridgehead atoms. The van der Waals surface area contributed by atoms with Crippen LogP contribution in [0.5, 0.6) is 0 Å². The molecule has 1 aromatic rings. The van der Waals surface area contributed by atoms with Crippen molar-refractivity contribution in [1.82, 2.24) is 15.2 Å². The van der Waals surface area contributed by atoms with E-state index < -0.39 is 0 Å². The molecule has 1 saturated heterocycles. The maximum absolute atomic E-state index is 4.34. The highest BCUT2D eigenvalue weighted by Crippen LogP contribution is 2.07. The van der Waals surface area contributed by atoms with Crippen molar-refractivity contribution < 1.29 is 0 Å². The molecular formula is C12H21N3S. The lowest BCUT2D eigenvalue weighted by molar-refractivity contribution is 0.268. The Labute approximate surface area is 102 Å². The smallest absolute Gasteiger partial charge is 0.0794 e. The number of hydrogen-bond acceptors (Lipinski definition) is 4. The molecule has 1 fully saturated rings. The average Bonchev–Trinajstić information content (AvgIpc) is 2.71. The van der Waals surface area contributed by atoms with Gasteiger partial charge in [0.2, 0.25) is 0 Å². The molecule has 1 aromatic heterocycles. The summed E-state index contributed by atoms with van der Waals surface area (Å²) in [5.74, 6) is 0. The first-order valence-electron chi connectivity index (χ1n) is 6.21. The van der Waals surface area contributed by atoms with Crippen molar-refractivity contribution in [2.75, 3.05) is 26.2 Å². The van der Waals surface area contributed by atoms with Gasteiger partial charge < -0.3 is 10.2 Å². The van der Waals surface area contributed by atoms with Gasteiger partial charge >= 0.3 is 0 Å². The second kappa shape index (κ2) is 6.33. The van der Waals surface area contributed by atoms with E-state index in [0.717, 1.165) is 13.0 Å². The molecule has 1 aliphatic heterocycles. The molecule has 1 atom stereocenters. The van der Waals surface area contributed by atoms with Crippen molar-refractivity contribution in [3.8, 4) is 0 Å². The van der Waals surface area contributed by atoms with Crippen LogP contribution >= 0.6 is 11.3 Å². The lowest BCUT2D eigenvalue weighted by Crippen LogP contribution is -2.37. The van der Waals surface area contributed by atoms with Gasteiger partial charge in [0.05, 0.1) is 11.2 Å². The van der Waals surface area contributed by atoms with Gasteiger partial charge in [-0.3, -0.25) is 0 Å². The second-order valence-electron chi connectivity index (χ2n) is 4.44. The number of thiazole rings is 1. The molecule has 0 saturated carbocycles. The zero-order chi connectivity index (χ0) is 11.2. The monoisotopic (exact) mass is 239 g/mol. The Hall–Kier alpha value is -0.450. The highest BCUT2D eigenvalue weighted by atomic mass is 32.1. The summed E-state index contributed by atoms with van der Waals surface area (Å²) in [4.78, 5) is 6.92. The average molecular weight is 239 g/mol. The summed E-state index contributed by atoms with van der Waals surface area (Å²) >= 11 is 1.69. The molecule has 0 amide bonds. The molecule has 1 unspecified atom stereocenters. The molecule has 90 valence electrons. The molecule has 3 nitrogen and oxygen atoms in total. The first-order valence-corrected chi connectivity index (χ1v) is 7.15. The van der Waals surface area contributed by atoms with Crippen LogP contribution in [0.25, 0.3) is 0 Å². The first kappa shape index (κ1) is 12.0. The molecule has 2 rings (SSSR count). The van der Waals surface area contributed by atoms with Crippen molar-refractivity contribution in [3.63, 3.8) is 0 Å². The fourth-order valence-electron chi connectivity index (χ4n) is 2.19. The number of hydrogen-bond donors (Lipinski definition) is 1. The van der Waals surface area contributed by atoms with Gasteiger partial charge in [-0.15, -0.1) is 11.3 Å². The fraction of sp³-hybridized carbons (Fsp3) is 0.750. The van der Waals surface area contributed by atoms with Crippen molar-refractivity contribution in [3.05, 3.63) is 16.6 Å². The topological polar surface area (TPSA) is 28.2 Å². The number of nitrogens with zero attached hydrogens (tertiary/aromatic N) is 2. The summed E-state index contributed by atoms with van der Waals surface area (Å²) in [5, 5.41) is 5.76. The Morgan fingerprint density at radius 2 is 2.56 bits per heavy atom. The minimum absolute atomic E-state index is 0.679. The molecule has 2 heterocycles. The predicted octanol–water partition coefficient (Wildman–Crippen LogP) is 1.76. The summed E-state index contributed by atoms with van der Waals surface area (Å²) in [6.07, 6.45) is 3.60. The van der Waals surface area contributed by atoms with Gasteiger partial charge in [-0.2, -0.15) is 0 Å². The molecular weight excluding hydrogens is 218 g/mol. The maximum Gasteiger partial charge on any atom is 0.0794 e. The van der Waals surface area contributed by atoms with Crippen LogP contribution in [0.15, 0.2) is 10.9 Å². The van der Waals surface area contributed by atoms with Crippen molar-refractivity contribution >= 4 is 11.3 Å². The SMILES string of the molecule is CCC1CN(CCc2cscn2)CCCN1. The zero-order valence-electron chi connectivity index (χ0n) is 9.98. The molecule has 0 aromatic carbocycles. The van der Waals surface area contributed by atoms with Gasteiger partial charge in [0, 0.05) is 30.9 Å². The van der Waals surface area contributed by atoms with Gasteiger partial charge in [-0.1, -0.05) is 6.92 Å². The molecule has 1 aliphatic rings. The summed E-state index contributed by atoms with van der Waals surface area (Å²) in [6.45, 7) is 7.02.